The number of carbonyl (C=O) groups excluding carboxylic acids is 1. The average Bonchev–Trinajstić information content (AvgIpc) is 2.78. The lowest BCUT2D eigenvalue weighted by Gasteiger charge is -2.09. The molecule has 16 heavy (non-hydrogen) atoms. The van der Waals surface area contributed by atoms with Crippen LogP contribution in [0.4, 0.5) is 0 Å². The second-order valence-electron chi connectivity index (χ2n) is 4.06. The molecule has 0 aromatic heterocycles. The Kier molecular flexibility index (Phi) is 3.22. The number of rotatable bonds is 2. The van der Waals surface area contributed by atoms with Crippen LogP contribution in [0.3, 0.4) is 0 Å². The summed E-state index contributed by atoms with van der Waals surface area (Å²) in [5, 5.41) is 0. The fourth-order valence-corrected chi connectivity index (χ4v) is 1.87. The number of ether oxygens (including phenoxy) is 1. The van der Waals surface area contributed by atoms with Gasteiger partial charge in [0.2, 0.25) is 0 Å². The van der Waals surface area contributed by atoms with Crippen LogP contribution in [-0.2, 0) is 9.53 Å². The van der Waals surface area contributed by atoms with Crippen molar-refractivity contribution in [3.63, 3.8) is 0 Å². The Bertz CT molecular complexity index is 375. The van der Waals surface area contributed by atoms with E-state index in [-0.39, 0.29) is 18.1 Å². The number of carbonyl (C=O) groups is 1. The van der Waals surface area contributed by atoms with Crippen LogP contribution in [-0.4, -0.2) is 19.1 Å². The minimum atomic E-state index is -0.253. The molecule has 0 bridgehead atoms. The fourth-order valence-electron chi connectivity index (χ4n) is 1.87. The van der Waals surface area contributed by atoms with Gasteiger partial charge in [0.05, 0.1) is 7.11 Å². The summed E-state index contributed by atoms with van der Waals surface area (Å²) in [7, 11) is 1.41. The number of methoxy groups -OCH3 is 1. The Morgan fingerprint density at radius 1 is 1.31 bits per heavy atom. The number of hydrogen-bond donors (Lipinski definition) is 2. The van der Waals surface area contributed by atoms with Gasteiger partial charge >= 0.3 is 5.97 Å². The molecule has 1 aromatic rings. The molecule has 2 N–H and O–H groups in total. The van der Waals surface area contributed by atoms with Crippen LogP contribution in [0.2, 0.25) is 0 Å². The third kappa shape index (κ3) is 2.23. The van der Waals surface area contributed by atoms with Gasteiger partial charge in [-0.2, -0.15) is 0 Å². The molecular weight excluding hydrogens is 204 g/mol. The van der Waals surface area contributed by atoms with Crippen LogP contribution in [0.25, 0.3) is 0 Å². The van der Waals surface area contributed by atoms with Crippen molar-refractivity contribution < 1.29 is 9.53 Å². The Balaban J connectivity index is 2.03. The van der Waals surface area contributed by atoms with Gasteiger partial charge in [0.25, 0.3) is 0 Å². The summed E-state index contributed by atoms with van der Waals surface area (Å²) in [5.74, 6) is -0.220. The molecule has 0 spiro atoms. The highest BCUT2D eigenvalue weighted by Gasteiger charge is 2.30. The lowest BCUT2D eigenvalue weighted by atomic mass is 10.0. The Labute approximate surface area is 95.0 Å². The molecule has 1 heterocycles. The fraction of sp³-hybridized carbons (Fsp3) is 0.417. The predicted molar refractivity (Wildman–Crippen MR) is 60.6 cm³/mol. The number of esters is 1. The van der Waals surface area contributed by atoms with E-state index in [1.165, 1.54) is 18.2 Å². The summed E-state index contributed by atoms with van der Waals surface area (Å²) in [6, 6.07) is 8.22. The van der Waals surface area contributed by atoms with Crippen LogP contribution >= 0.6 is 0 Å². The molecule has 0 saturated carbocycles. The number of nitrogens with one attached hydrogen (secondary N) is 2. The first-order chi connectivity index (χ1) is 7.70. The van der Waals surface area contributed by atoms with Crippen LogP contribution in [0.15, 0.2) is 24.3 Å². The van der Waals surface area contributed by atoms with Gasteiger partial charge in [-0.1, -0.05) is 29.8 Å². The Hall–Kier alpha value is -1.39. The molecule has 0 aliphatic carbocycles. The van der Waals surface area contributed by atoms with E-state index in [0.29, 0.717) is 0 Å². The standard InChI is InChI=1S/C12H16N2O2/c1-8-3-5-9(6-4-8)10-7-11(14-13-10)12(15)16-2/h3-6,10-11,13-14H,7H2,1-2H3. The zero-order chi connectivity index (χ0) is 11.5. The molecule has 0 radical (unpaired) electrons. The van der Waals surface area contributed by atoms with Gasteiger partial charge in [-0.25, -0.2) is 10.9 Å². The third-order valence-corrected chi connectivity index (χ3v) is 2.87. The van der Waals surface area contributed by atoms with E-state index in [9.17, 15) is 4.79 Å². The molecule has 1 aliphatic heterocycles. The van der Waals surface area contributed by atoms with Crippen molar-refractivity contribution in [2.45, 2.75) is 25.4 Å². The lowest BCUT2D eigenvalue weighted by Crippen LogP contribution is -2.36. The highest BCUT2D eigenvalue weighted by molar-refractivity contribution is 5.76. The molecule has 4 nitrogen and oxygen atoms in total. The molecule has 1 fully saturated rings. The van der Waals surface area contributed by atoms with Crippen molar-refractivity contribution in [3.05, 3.63) is 35.4 Å². The molecule has 2 rings (SSSR count). The monoisotopic (exact) mass is 220 g/mol. The van der Waals surface area contributed by atoms with E-state index in [1.54, 1.807) is 0 Å². The number of hydrogen-bond acceptors (Lipinski definition) is 4. The topological polar surface area (TPSA) is 50.4 Å². The van der Waals surface area contributed by atoms with Gasteiger partial charge in [0, 0.05) is 6.04 Å². The molecule has 2 unspecified atom stereocenters. The maximum Gasteiger partial charge on any atom is 0.324 e. The first-order valence-corrected chi connectivity index (χ1v) is 5.36. The summed E-state index contributed by atoms with van der Waals surface area (Å²) in [5.41, 5.74) is 8.47. The smallest absolute Gasteiger partial charge is 0.324 e. The zero-order valence-electron chi connectivity index (χ0n) is 9.49. The third-order valence-electron chi connectivity index (χ3n) is 2.87. The van der Waals surface area contributed by atoms with Crippen LogP contribution in [0, 0.1) is 6.92 Å². The number of aryl methyl sites for hydroxylation is 1. The molecule has 4 heteroatoms. The van der Waals surface area contributed by atoms with Gasteiger partial charge in [0.15, 0.2) is 0 Å². The van der Waals surface area contributed by atoms with E-state index < -0.39 is 0 Å². The van der Waals surface area contributed by atoms with Gasteiger partial charge in [0.1, 0.15) is 6.04 Å². The summed E-state index contributed by atoms with van der Waals surface area (Å²) in [6.07, 6.45) is 0.718. The predicted octanol–water partition coefficient (Wildman–Crippen LogP) is 1.08. The van der Waals surface area contributed by atoms with Crippen molar-refractivity contribution in [2.24, 2.45) is 0 Å². The van der Waals surface area contributed by atoms with Crippen molar-refractivity contribution in [1.82, 2.24) is 10.9 Å². The molecule has 0 amide bonds. The first kappa shape index (κ1) is 11.1. The van der Waals surface area contributed by atoms with E-state index in [0.717, 1.165) is 6.42 Å². The van der Waals surface area contributed by atoms with Crippen LogP contribution in [0.1, 0.15) is 23.6 Å². The Morgan fingerprint density at radius 3 is 2.62 bits per heavy atom. The van der Waals surface area contributed by atoms with Crippen molar-refractivity contribution >= 4 is 5.97 Å². The molecule has 2 atom stereocenters. The van der Waals surface area contributed by atoms with Gasteiger partial charge < -0.3 is 4.74 Å². The van der Waals surface area contributed by atoms with E-state index in [2.05, 4.69) is 42.0 Å². The highest BCUT2D eigenvalue weighted by atomic mass is 16.5. The molecule has 1 aromatic carbocycles. The second-order valence-corrected chi connectivity index (χ2v) is 4.06. The summed E-state index contributed by atoms with van der Waals surface area (Å²) < 4.78 is 4.70. The summed E-state index contributed by atoms with van der Waals surface area (Å²) in [4.78, 5) is 11.3. The van der Waals surface area contributed by atoms with Crippen molar-refractivity contribution in [3.8, 4) is 0 Å². The van der Waals surface area contributed by atoms with Gasteiger partial charge in [-0.15, -0.1) is 0 Å². The molecule has 1 saturated heterocycles. The lowest BCUT2D eigenvalue weighted by molar-refractivity contribution is -0.142. The van der Waals surface area contributed by atoms with E-state index in [4.69, 9.17) is 4.74 Å². The summed E-state index contributed by atoms with van der Waals surface area (Å²) >= 11 is 0. The zero-order valence-corrected chi connectivity index (χ0v) is 9.49. The SMILES string of the molecule is COC(=O)C1CC(c2ccc(C)cc2)NN1. The van der Waals surface area contributed by atoms with Gasteiger partial charge in [-0.3, -0.25) is 4.79 Å². The van der Waals surface area contributed by atoms with Crippen molar-refractivity contribution in [2.75, 3.05) is 7.11 Å². The van der Waals surface area contributed by atoms with Gasteiger partial charge in [-0.05, 0) is 18.9 Å². The maximum atomic E-state index is 11.3. The van der Waals surface area contributed by atoms with Crippen LogP contribution < -0.4 is 10.9 Å². The highest BCUT2D eigenvalue weighted by Crippen LogP contribution is 2.22. The average molecular weight is 220 g/mol. The summed E-state index contributed by atoms with van der Waals surface area (Å²) in [6.45, 7) is 2.06. The minimum absolute atomic E-state index is 0.171. The quantitative estimate of drug-likeness (QED) is 0.732. The maximum absolute atomic E-state index is 11.3. The largest absolute Gasteiger partial charge is 0.468 e. The van der Waals surface area contributed by atoms with Crippen LogP contribution in [0.5, 0.6) is 0 Å². The van der Waals surface area contributed by atoms with E-state index in [1.807, 2.05) is 0 Å². The second kappa shape index (κ2) is 4.63. The first-order valence-electron chi connectivity index (χ1n) is 5.36. The molecular formula is C12H16N2O2. The number of benzene rings is 1. The molecule has 86 valence electrons. The van der Waals surface area contributed by atoms with Crippen molar-refractivity contribution in [1.29, 1.82) is 0 Å². The van der Waals surface area contributed by atoms with E-state index >= 15 is 0 Å². The normalized spacial score (nSPS) is 24.4. The Morgan fingerprint density at radius 2 is 2.00 bits per heavy atom. The minimum Gasteiger partial charge on any atom is -0.468 e. The molecule has 1 aliphatic rings. The number of hydrazine groups is 1.